The molecule has 0 aliphatic heterocycles. The van der Waals surface area contributed by atoms with Crippen molar-refractivity contribution in [1.29, 1.82) is 0 Å². The molecule has 3 N–H and O–H groups in total. The van der Waals surface area contributed by atoms with Crippen molar-refractivity contribution in [2.24, 2.45) is 5.92 Å². The molecule has 0 fully saturated rings. The van der Waals surface area contributed by atoms with Gasteiger partial charge in [0.15, 0.2) is 0 Å². The Labute approximate surface area is 112 Å². The molecule has 2 heteroatoms. The average molecular weight is 248 g/mol. The van der Waals surface area contributed by atoms with Gasteiger partial charge in [-0.15, -0.1) is 0 Å². The molecule has 0 bridgehead atoms. The molecule has 0 aromatic heterocycles. The van der Waals surface area contributed by atoms with Crippen LogP contribution in [0, 0.1) is 5.92 Å². The molecule has 18 heavy (non-hydrogen) atoms. The molecular formula is C16H28N2. The SMILES string of the molecule is CCCCC(CC)CNCCc1ccc(N)cc1. The summed E-state index contributed by atoms with van der Waals surface area (Å²) in [7, 11) is 0. The van der Waals surface area contributed by atoms with Gasteiger partial charge in [-0.3, -0.25) is 0 Å². The maximum absolute atomic E-state index is 5.67. The van der Waals surface area contributed by atoms with Crippen LogP contribution in [0.15, 0.2) is 24.3 Å². The smallest absolute Gasteiger partial charge is 0.0314 e. The molecule has 1 aromatic carbocycles. The van der Waals surface area contributed by atoms with Gasteiger partial charge in [-0.2, -0.15) is 0 Å². The molecule has 2 nitrogen and oxygen atoms in total. The Morgan fingerprint density at radius 2 is 1.89 bits per heavy atom. The summed E-state index contributed by atoms with van der Waals surface area (Å²) in [6.45, 7) is 6.78. The molecule has 0 aliphatic rings. The highest BCUT2D eigenvalue weighted by Crippen LogP contribution is 2.11. The van der Waals surface area contributed by atoms with Crippen LogP contribution in [0.3, 0.4) is 0 Å². The molecule has 1 aromatic rings. The van der Waals surface area contributed by atoms with E-state index in [0.717, 1.165) is 31.1 Å². The van der Waals surface area contributed by atoms with Gasteiger partial charge in [0.1, 0.15) is 0 Å². The van der Waals surface area contributed by atoms with E-state index in [2.05, 4.69) is 31.3 Å². The average Bonchev–Trinajstić information content (AvgIpc) is 2.40. The van der Waals surface area contributed by atoms with Gasteiger partial charge in [0.05, 0.1) is 0 Å². The fraction of sp³-hybridized carbons (Fsp3) is 0.625. The van der Waals surface area contributed by atoms with E-state index in [1.807, 2.05) is 12.1 Å². The van der Waals surface area contributed by atoms with Gasteiger partial charge in [0.2, 0.25) is 0 Å². The zero-order valence-electron chi connectivity index (χ0n) is 11.9. The minimum absolute atomic E-state index is 0.844. The lowest BCUT2D eigenvalue weighted by Gasteiger charge is -2.15. The molecule has 0 heterocycles. The van der Waals surface area contributed by atoms with Gasteiger partial charge in [-0.1, -0.05) is 45.2 Å². The maximum atomic E-state index is 5.67. The van der Waals surface area contributed by atoms with Crippen molar-refractivity contribution >= 4 is 5.69 Å². The van der Waals surface area contributed by atoms with Crippen molar-refractivity contribution in [1.82, 2.24) is 5.32 Å². The van der Waals surface area contributed by atoms with Crippen molar-refractivity contribution in [2.45, 2.75) is 46.0 Å². The first-order chi connectivity index (χ1) is 8.76. The van der Waals surface area contributed by atoms with E-state index in [-0.39, 0.29) is 0 Å². The third kappa shape index (κ3) is 6.06. The molecule has 0 aliphatic carbocycles. The molecule has 1 rings (SSSR count). The first-order valence-corrected chi connectivity index (χ1v) is 7.31. The van der Waals surface area contributed by atoms with E-state index < -0.39 is 0 Å². The Morgan fingerprint density at radius 3 is 2.50 bits per heavy atom. The highest BCUT2D eigenvalue weighted by atomic mass is 14.8. The number of anilines is 1. The summed E-state index contributed by atoms with van der Waals surface area (Å²) in [4.78, 5) is 0. The molecule has 0 spiro atoms. The summed E-state index contributed by atoms with van der Waals surface area (Å²) in [6.07, 6.45) is 6.40. The number of nitrogens with two attached hydrogens (primary N) is 1. The Morgan fingerprint density at radius 1 is 1.17 bits per heavy atom. The second kappa shape index (κ2) is 8.98. The van der Waals surface area contributed by atoms with E-state index in [4.69, 9.17) is 5.73 Å². The number of nitrogen functional groups attached to an aromatic ring is 1. The van der Waals surface area contributed by atoms with Gasteiger partial charge in [0, 0.05) is 5.69 Å². The van der Waals surface area contributed by atoms with Crippen LogP contribution in [0.1, 0.15) is 45.1 Å². The third-order valence-corrected chi connectivity index (χ3v) is 3.55. The predicted molar refractivity (Wildman–Crippen MR) is 80.7 cm³/mol. The van der Waals surface area contributed by atoms with Crippen LogP contribution in [-0.4, -0.2) is 13.1 Å². The van der Waals surface area contributed by atoms with Gasteiger partial charge in [0.25, 0.3) is 0 Å². The number of benzene rings is 1. The van der Waals surface area contributed by atoms with Gasteiger partial charge in [-0.05, 0) is 49.5 Å². The summed E-state index contributed by atoms with van der Waals surface area (Å²) in [6, 6.07) is 8.19. The fourth-order valence-corrected chi connectivity index (χ4v) is 2.17. The number of nitrogens with one attached hydrogen (secondary N) is 1. The number of hydrogen-bond donors (Lipinski definition) is 2. The number of hydrogen-bond acceptors (Lipinski definition) is 2. The summed E-state index contributed by atoms with van der Waals surface area (Å²) < 4.78 is 0. The Bertz CT molecular complexity index is 305. The van der Waals surface area contributed by atoms with Crippen LogP contribution < -0.4 is 11.1 Å². The van der Waals surface area contributed by atoms with Crippen molar-refractivity contribution in [3.05, 3.63) is 29.8 Å². The standard InChI is InChI=1S/C16H28N2/c1-3-5-6-14(4-2)13-18-12-11-15-7-9-16(17)10-8-15/h7-10,14,18H,3-6,11-13,17H2,1-2H3. The second-order valence-electron chi connectivity index (χ2n) is 5.11. The molecule has 0 radical (unpaired) electrons. The number of rotatable bonds is 9. The molecule has 0 saturated heterocycles. The zero-order valence-corrected chi connectivity index (χ0v) is 11.9. The quantitative estimate of drug-likeness (QED) is 0.517. The van der Waals surface area contributed by atoms with Gasteiger partial charge < -0.3 is 11.1 Å². The second-order valence-corrected chi connectivity index (χ2v) is 5.11. The summed E-state index contributed by atoms with van der Waals surface area (Å²) in [5.74, 6) is 0.844. The predicted octanol–water partition coefficient (Wildman–Crippen LogP) is 3.62. The summed E-state index contributed by atoms with van der Waals surface area (Å²) >= 11 is 0. The molecule has 1 unspecified atom stereocenters. The van der Waals surface area contributed by atoms with Gasteiger partial charge in [-0.25, -0.2) is 0 Å². The molecule has 1 atom stereocenters. The first kappa shape index (κ1) is 15.0. The maximum Gasteiger partial charge on any atom is 0.0314 e. The van der Waals surface area contributed by atoms with E-state index in [0.29, 0.717) is 0 Å². The lowest BCUT2D eigenvalue weighted by Crippen LogP contribution is -2.24. The molecule has 0 amide bonds. The molecule has 0 saturated carbocycles. The van der Waals surface area contributed by atoms with E-state index in [1.54, 1.807) is 0 Å². The number of unbranched alkanes of at least 4 members (excludes halogenated alkanes) is 1. The minimum atomic E-state index is 0.844. The monoisotopic (exact) mass is 248 g/mol. The van der Waals surface area contributed by atoms with Gasteiger partial charge >= 0.3 is 0 Å². The first-order valence-electron chi connectivity index (χ1n) is 7.31. The Kier molecular flexibility index (Phi) is 7.51. The lowest BCUT2D eigenvalue weighted by atomic mass is 9.99. The minimum Gasteiger partial charge on any atom is -0.399 e. The van der Waals surface area contributed by atoms with Crippen molar-refractivity contribution in [2.75, 3.05) is 18.8 Å². The Hall–Kier alpha value is -1.02. The van der Waals surface area contributed by atoms with Crippen LogP contribution in [-0.2, 0) is 6.42 Å². The largest absolute Gasteiger partial charge is 0.399 e. The summed E-state index contributed by atoms with van der Waals surface area (Å²) in [5.41, 5.74) is 7.87. The van der Waals surface area contributed by atoms with Crippen LogP contribution in [0.2, 0.25) is 0 Å². The summed E-state index contributed by atoms with van der Waals surface area (Å²) in [5, 5.41) is 3.58. The third-order valence-electron chi connectivity index (χ3n) is 3.55. The van der Waals surface area contributed by atoms with Crippen LogP contribution in [0.4, 0.5) is 5.69 Å². The lowest BCUT2D eigenvalue weighted by molar-refractivity contribution is 0.421. The van der Waals surface area contributed by atoms with Crippen molar-refractivity contribution < 1.29 is 0 Å². The Balaban J connectivity index is 2.15. The highest BCUT2D eigenvalue weighted by molar-refractivity contribution is 5.39. The van der Waals surface area contributed by atoms with Crippen LogP contribution in [0.5, 0.6) is 0 Å². The molecule has 102 valence electrons. The van der Waals surface area contributed by atoms with E-state index in [1.165, 1.54) is 31.2 Å². The zero-order chi connectivity index (χ0) is 13.2. The highest BCUT2D eigenvalue weighted by Gasteiger charge is 2.04. The fourth-order valence-electron chi connectivity index (χ4n) is 2.17. The van der Waals surface area contributed by atoms with E-state index in [9.17, 15) is 0 Å². The van der Waals surface area contributed by atoms with Crippen LogP contribution >= 0.6 is 0 Å². The van der Waals surface area contributed by atoms with Crippen molar-refractivity contribution in [3.8, 4) is 0 Å². The topological polar surface area (TPSA) is 38.0 Å². The normalized spacial score (nSPS) is 12.6. The van der Waals surface area contributed by atoms with Crippen LogP contribution in [0.25, 0.3) is 0 Å². The van der Waals surface area contributed by atoms with E-state index >= 15 is 0 Å². The molecular weight excluding hydrogens is 220 g/mol. The van der Waals surface area contributed by atoms with Crippen molar-refractivity contribution in [3.63, 3.8) is 0 Å².